The van der Waals surface area contributed by atoms with Crippen LogP contribution in [0.4, 0.5) is 0 Å². The number of para-hydroxylation sites is 2. The van der Waals surface area contributed by atoms with Gasteiger partial charge in [0.2, 0.25) is 5.91 Å². The molecule has 26 heavy (non-hydrogen) atoms. The van der Waals surface area contributed by atoms with Gasteiger partial charge in [-0.2, -0.15) is 0 Å². The molecule has 4 heteroatoms. The molecule has 142 valence electrons. The van der Waals surface area contributed by atoms with E-state index in [-0.39, 0.29) is 5.91 Å². The minimum Gasteiger partial charge on any atom is -0.356 e. The molecule has 0 unspecified atom stereocenters. The number of aryl methyl sites for hydroxylation is 2. The second kappa shape index (κ2) is 9.75. The van der Waals surface area contributed by atoms with E-state index in [1.165, 1.54) is 49.9 Å². The van der Waals surface area contributed by atoms with E-state index in [9.17, 15) is 4.79 Å². The molecule has 1 aliphatic rings. The number of amides is 1. The van der Waals surface area contributed by atoms with E-state index in [4.69, 9.17) is 4.98 Å². The zero-order valence-corrected chi connectivity index (χ0v) is 16.2. The first-order valence-corrected chi connectivity index (χ1v) is 10.5. The van der Waals surface area contributed by atoms with Crippen LogP contribution >= 0.6 is 0 Å². The third-order valence-corrected chi connectivity index (χ3v) is 5.60. The number of nitrogens with zero attached hydrogens (tertiary/aromatic N) is 2. The average Bonchev–Trinajstić information content (AvgIpc) is 3.02. The van der Waals surface area contributed by atoms with Gasteiger partial charge in [-0.25, -0.2) is 4.98 Å². The minimum atomic E-state index is 0.165. The summed E-state index contributed by atoms with van der Waals surface area (Å²) in [6.45, 7) is 3.85. The Morgan fingerprint density at radius 2 is 2.04 bits per heavy atom. The fourth-order valence-corrected chi connectivity index (χ4v) is 4.14. The highest BCUT2D eigenvalue weighted by Crippen LogP contribution is 2.28. The topological polar surface area (TPSA) is 46.9 Å². The number of fused-ring (bicyclic) bond motifs is 1. The van der Waals surface area contributed by atoms with Gasteiger partial charge in [-0.1, -0.05) is 51.2 Å². The standard InChI is InChI=1S/C22H33N3O/c1-2-9-22(26)23-16-8-14-21-24-19-12-6-7-13-20(19)25(21)17-15-18-10-4-3-5-11-18/h6-7,12-13,18H,2-5,8-11,14-17H2,1H3,(H,23,26). The molecule has 0 bridgehead atoms. The van der Waals surface area contributed by atoms with Crippen LogP contribution in [0.3, 0.4) is 0 Å². The lowest BCUT2D eigenvalue weighted by molar-refractivity contribution is -0.121. The van der Waals surface area contributed by atoms with E-state index in [0.717, 1.165) is 43.8 Å². The van der Waals surface area contributed by atoms with E-state index in [2.05, 4.69) is 34.1 Å². The van der Waals surface area contributed by atoms with Gasteiger partial charge in [0, 0.05) is 25.9 Å². The predicted molar refractivity (Wildman–Crippen MR) is 107 cm³/mol. The van der Waals surface area contributed by atoms with Crippen molar-refractivity contribution in [2.45, 2.75) is 77.7 Å². The highest BCUT2D eigenvalue weighted by atomic mass is 16.1. The average molecular weight is 356 g/mol. The summed E-state index contributed by atoms with van der Waals surface area (Å²) >= 11 is 0. The molecule has 0 atom stereocenters. The maximum atomic E-state index is 11.6. The molecule has 4 nitrogen and oxygen atoms in total. The molecular formula is C22H33N3O. The van der Waals surface area contributed by atoms with Crippen LogP contribution in [0.1, 0.15) is 70.5 Å². The number of imidazole rings is 1. The van der Waals surface area contributed by atoms with Crippen LogP contribution in [0.25, 0.3) is 11.0 Å². The second-order valence-electron chi connectivity index (χ2n) is 7.66. The molecule has 1 N–H and O–H groups in total. The zero-order valence-electron chi connectivity index (χ0n) is 16.2. The smallest absolute Gasteiger partial charge is 0.219 e. The van der Waals surface area contributed by atoms with E-state index in [1.54, 1.807) is 0 Å². The first kappa shape index (κ1) is 18.9. The number of aromatic nitrogens is 2. The number of hydrogen-bond donors (Lipinski definition) is 1. The summed E-state index contributed by atoms with van der Waals surface area (Å²) in [5, 5.41) is 3.01. The zero-order chi connectivity index (χ0) is 18.2. The quantitative estimate of drug-likeness (QED) is 0.653. The first-order chi connectivity index (χ1) is 12.8. The number of carbonyl (C=O) groups excluding carboxylic acids is 1. The highest BCUT2D eigenvalue weighted by Gasteiger charge is 2.16. The van der Waals surface area contributed by atoms with Gasteiger partial charge in [0.25, 0.3) is 0 Å². The molecular weight excluding hydrogens is 322 g/mol. The molecule has 1 saturated carbocycles. The van der Waals surface area contributed by atoms with Gasteiger partial charge in [0.05, 0.1) is 11.0 Å². The predicted octanol–water partition coefficient (Wildman–Crippen LogP) is 4.86. The summed E-state index contributed by atoms with van der Waals surface area (Å²) in [6.07, 6.45) is 11.7. The fraction of sp³-hybridized carbons (Fsp3) is 0.636. The van der Waals surface area contributed by atoms with Crippen LogP contribution in [0.5, 0.6) is 0 Å². The molecule has 2 aromatic rings. The van der Waals surface area contributed by atoms with Crippen LogP contribution < -0.4 is 5.32 Å². The molecule has 0 aliphatic heterocycles. The Labute approximate surface area is 157 Å². The summed E-state index contributed by atoms with van der Waals surface area (Å²) in [7, 11) is 0. The molecule has 1 aromatic carbocycles. The maximum absolute atomic E-state index is 11.6. The Hall–Kier alpha value is -1.84. The lowest BCUT2D eigenvalue weighted by Gasteiger charge is -2.22. The highest BCUT2D eigenvalue weighted by molar-refractivity contribution is 5.76. The van der Waals surface area contributed by atoms with Crippen molar-refractivity contribution in [3.8, 4) is 0 Å². The molecule has 1 heterocycles. The van der Waals surface area contributed by atoms with Gasteiger partial charge in [-0.15, -0.1) is 0 Å². The van der Waals surface area contributed by atoms with Crippen molar-refractivity contribution in [2.24, 2.45) is 5.92 Å². The van der Waals surface area contributed by atoms with Crippen molar-refractivity contribution < 1.29 is 4.79 Å². The van der Waals surface area contributed by atoms with Gasteiger partial charge in [-0.3, -0.25) is 4.79 Å². The molecule has 3 rings (SSSR count). The lowest BCUT2D eigenvalue weighted by Crippen LogP contribution is -2.24. The minimum absolute atomic E-state index is 0.165. The summed E-state index contributed by atoms with van der Waals surface area (Å²) in [5.74, 6) is 2.22. The first-order valence-electron chi connectivity index (χ1n) is 10.5. The van der Waals surface area contributed by atoms with Gasteiger partial charge in [0.1, 0.15) is 5.82 Å². The summed E-state index contributed by atoms with van der Waals surface area (Å²) < 4.78 is 2.43. The summed E-state index contributed by atoms with van der Waals surface area (Å²) in [6, 6.07) is 8.47. The van der Waals surface area contributed by atoms with E-state index in [0.29, 0.717) is 6.42 Å². The molecule has 1 amide bonds. The fourth-order valence-electron chi connectivity index (χ4n) is 4.14. The van der Waals surface area contributed by atoms with Gasteiger partial charge >= 0.3 is 0 Å². The van der Waals surface area contributed by atoms with Crippen molar-refractivity contribution in [1.29, 1.82) is 0 Å². The van der Waals surface area contributed by atoms with Gasteiger partial charge in [0.15, 0.2) is 0 Å². The largest absolute Gasteiger partial charge is 0.356 e. The summed E-state index contributed by atoms with van der Waals surface area (Å²) in [5.41, 5.74) is 2.36. The molecule has 1 fully saturated rings. The Bertz CT molecular complexity index is 700. The molecule has 0 saturated heterocycles. The molecule has 1 aromatic heterocycles. The SMILES string of the molecule is CCCC(=O)NCCCc1nc2ccccc2n1CCC1CCCCC1. The maximum Gasteiger partial charge on any atom is 0.219 e. The van der Waals surface area contributed by atoms with Crippen LogP contribution in [0.15, 0.2) is 24.3 Å². The molecule has 0 spiro atoms. The Morgan fingerprint density at radius 3 is 2.85 bits per heavy atom. The third kappa shape index (κ3) is 5.09. The Morgan fingerprint density at radius 1 is 1.23 bits per heavy atom. The number of nitrogens with one attached hydrogen (secondary N) is 1. The number of carbonyl (C=O) groups is 1. The Kier molecular flexibility index (Phi) is 7.10. The van der Waals surface area contributed by atoms with Crippen molar-refractivity contribution in [2.75, 3.05) is 6.54 Å². The van der Waals surface area contributed by atoms with Crippen molar-refractivity contribution in [1.82, 2.24) is 14.9 Å². The number of benzene rings is 1. The second-order valence-corrected chi connectivity index (χ2v) is 7.66. The van der Waals surface area contributed by atoms with Crippen molar-refractivity contribution in [3.05, 3.63) is 30.1 Å². The van der Waals surface area contributed by atoms with Gasteiger partial charge < -0.3 is 9.88 Å². The van der Waals surface area contributed by atoms with Crippen molar-refractivity contribution >= 4 is 16.9 Å². The Balaban J connectivity index is 1.61. The third-order valence-electron chi connectivity index (χ3n) is 5.60. The van der Waals surface area contributed by atoms with Crippen LogP contribution in [-0.2, 0) is 17.8 Å². The monoisotopic (exact) mass is 355 g/mol. The number of rotatable bonds is 9. The van der Waals surface area contributed by atoms with E-state index >= 15 is 0 Å². The van der Waals surface area contributed by atoms with Gasteiger partial charge in [-0.05, 0) is 37.3 Å². The van der Waals surface area contributed by atoms with Crippen molar-refractivity contribution in [3.63, 3.8) is 0 Å². The number of hydrogen-bond acceptors (Lipinski definition) is 2. The normalized spacial score (nSPS) is 15.4. The van der Waals surface area contributed by atoms with Crippen LogP contribution in [-0.4, -0.2) is 22.0 Å². The van der Waals surface area contributed by atoms with Crippen LogP contribution in [0, 0.1) is 5.92 Å². The summed E-state index contributed by atoms with van der Waals surface area (Å²) in [4.78, 5) is 16.5. The van der Waals surface area contributed by atoms with Crippen LogP contribution in [0.2, 0.25) is 0 Å². The molecule has 0 radical (unpaired) electrons. The van der Waals surface area contributed by atoms with E-state index in [1.807, 2.05) is 6.92 Å². The lowest BCUT2D eigenvalue weighted by atomic mass is 9.87. The molecule has 1 aliphatic carbocycles. The van der Waals surface area contributed by atoms with E-state index < -0.39 is 0 Å².